The Morgan fingerprint density at radius 2 is 2.22 bits per heavy atom. The van der Waals surface area contributed by atoms with Gasteiger partial charge in [-0.1, -0.05) is 6.92 Å². The minimum absolute atomic E-state index is 0.0233. The second kappa shape index (κ2) is 4.40. The molecule has 7 heteroatoms. The molecule has 1 saturated carbocycles. The van der Waals surface area contributed by atoms with Crippen molar-refractivity contribution in [2.45, 2.75) is 25.2 Å². The maximum absolute atomic E-state index is 11.7. The van der Waals surface area contributed by atoms with Crippen LogP contribution >= 0.6 is 0 Å². The van der Waals surface area contributed by atoms with Crippen molar-refractivity contribution < 1.29 is 17.6 Å². The van der Waals surface area contributed by atoms with E-state index >= 15 is 0 Å². The summed E-state index contributed by atoms with van der Waals surface area (Å²) in [6.45, 7) is 4.16. The van der Waals surface area contributed by atoms with Crippen LogP contribution in [0.3, 0.4) is 0 Å². The Labute approximate surface area is 106 Å². The van der Waals surface area contributed by atoms with E-state index in [1.54, 1.807) is 0 Å². The number of rotatable bonds is 4. The quantitative estimate of drug-likeness (QED) is 0.838. The summed E-state index contributed by atoms with van der Waals surface area (Å²) in [6.07, 6.45) is 1.11. The summed E-state index contributed by atoms with van der Waals surface area (Å²) in [6, 6.07) is 1.16. The van der Waals surface area contributed by atoms with Gasteiger partial charge in [0.25, 0.3) is 5.91 Å². The number of nitrogens with two attached hydrogens (primary N) is 1. The molecule has 1 fully saturated rings. The summed E-state index contributed by atoms with van der Waals surface area (Å²) in [5.74, 6) is 0.853. The van der Waals surface area contributed by atoms with Gasteiger partial charge >= 0.3 is 0 Å². The minimum Gasteiger partial charge on any atom is -0.455 e. The van der Waals surface area contributed by atoms with E-state index in [0.717, 1.165) is 12.5 Å². The third-order valence-electron chi connectivity index (χ3n) is 3.20. The Morgan fingerprint density at radius 3 is 2.67 bits per heavy atom. The van der Waals surface area contributed by atoms with Gasteiger partial charge in [-0.25, -0.2) is 13.6 Å². The molecule has 0 aromatic carbocycles. The Hall–Kier alpha value is -1.34. The summed E-state index contributed by atoms with van der Waals surface area (Å²) >= 11 is 0. The van der Waals surface area contributed by atoms with Gasteiger partial charge in [0, 0.05) is 12.6 Å². The largest absolute Gasteiger partial charge is 0.455 e. The van der Waals surface area contributed by atoms with Gasteiger partial charge in [0.1, 0.15) is 10.7 Å². The lowest BCUT2D eigenvalue weighted by molar-refractivity contribution is 0.0922. The molecule has 1 aromatic heterocycles. The zero-order valence-electron chi connectivity index (χ0n) is 10.3. The molecule has 1 aliphatic carbocycles. The van der Waals surface area contributed by atoms with E-state index in [2.05, 4.69) is 12.2 Å². The van der Waals surface area contributed by atoms with Crippen molar-refractivity contribution >= 4 is 15.9 Å². The molecular weight excluding hydrogens is 256 g/mol. The van der Waals surface area contributed by atoms with E-state index in [-0.39, 0.29) is 16.4 Å². The van der Waals surface area contributed by atoms with Crippen molar-refractivity contribution in [3.63, 3.8) is 0 Å². The first-order valence-electron chi connectivity index (χ1n) is 5.70. The van der Waals surface area contributed by atoms with Gasteiger partial charge in [-0.3, -0.25) is 4.79 Å². The molecule has 3 N–H and O–H groups in total. The molecule has 18 heavy (non-hydrogen) atoms. The summed E-state index contributed by atoms with van der Waals surface area (Å²) in [7, 11) is -3.85. The highest BCUT2D eigenvalue weighted by Gasteiger charge is 2.32. The molecule has 0 saturated heterocycles. The van der Waals surface area contributed by atoms with Gasteiger partial charge in [-0.05, 0) is 25.2 Å². The second-order valence-electron chi connectivity index (χ2n) is 4.76. The predicted octanol–water partition coefficient (Wildman–Crippen LogP) is 0.621. The predicted molar refractivity (Wildman–Crippen MR) is 64.4 cm³/mol. The molecular formula is C11H16N2O4S. The van der Waals surface area contributed by atoms with Gasteiger partial charge in [0.2, 0.25) is 10.0 Å². The third-order valence-corrected chi connectivity index (χ3v) is 4.22. The number of nitrogens with one attached hydrogen (secondary N) is 1. The average Bonchev–Trinajstić information content (AvgIpc) is 2.78. The number of hydrogen-bond donors (Lipinski definition) is 2. The van der Waals surface area contributed by atoms with Gasteiger partial charge in [0.05, 0.1) is 0 Å². The monoisotopic (exact) mass is 272 g/mol. The molecule has 0 aliphatic heterocycles. The van der Waals surface area contributed by atoms with Crippen LogP contribution in [0, 0.1) is 18.8 Å². The summed E-state index contributed by atoms with van der Waals surface area (Å²) in [4.78, 5) is 11.6. The van der Waals surface area contributed by atoms with Crippen LogP contribution in [0.5, 0.6) is 0 Å². The highest BCUT2D eigenvalue weighted by molar-refractivity contribution is 7.89. The zero-order valence-corrected chi connectivity index (χ0v) is 11.1. The van der Waals surface area contributed by atoms with E-state index in [4.69, 9.17) is 9.56 Å². The molecule has 100 valence electrons. The molecule has 1 aliphatic rings. The Kier molecular flexibility index (Phi) is 3.20. The summed E-state index contributed by atoms with van der Waals surface area (Å²) < 4.78 is 27.5. The molecule has 1 heterocycles. The van der Waals surface area contributed by atoms with Crippen LogP contribution in [0.25, 0.3) is 0 Å². The highest BCUT2D eigenvalue weighted by Crippen LogP contribution is 2.36. The first-order valence-corrected chi connectivity index (χ1v) is 7.25. The number of carbonyl (C=O) groups is 1. The van der Waals surface area contributed by atoms with E-state index < -0.39 is 15.9 Å². The van der Waals surface area contributed by atoms with Crippen molar-refractivity contribution in [1.29, 1.82) is 0 Å². The third kappa shape index (κ3) is 2.73. The number of carbonyl (C=O) groups excluding carboxylic acids is 1. The number of furan rings is 1. The van der Waals surface area contributed by atoms with Crippen molar-refractivity contribution in [1.82, 2.24) is 5.32 Å². The smallest absolute Gasteiger partial charge is 0.287 e. The van der Waals surface area contributed by atoms with Gasteiger partial charge in [-0.2, -0.15) is 0 Å². The highest BCUT2D eigenvalue weighted by atomic mass is 32.2. The lowest BCUT2D eigenvalue weighted by Gasteiger charge is -2.00. The number of sulfonamides is 1. The number of hydrogen-bond acceptors (Lipinski definition) is 4. The maximum Gasteiger partial charge on any atom is 0.287 e. The van der Waals surface area contributed by atoms with Crippen molar-refractivity contribution in [3.8, 4) is 0 Å². The van der Waals surface area contributed by atoms with E-state index in [1.807, 2.05) is 0 Å². The van der Waals surface area contributed by atoms with Crippen LogP contribution < -0.4 is 10.5 Å². The molecule has 0 radical (unpaired) electrons. The van der Waals surface area contributed by atoms with Crippen LogP contribution in [0.15, 0.2) is 15.4 Å². The molecule has 2 unspecified atom stereocenters. The fourth-order valence-electron chi connectivity index (χ4n) is 1.85. The molecule has 1 amide bonds. The Balaban J connectivity index is 2.07. The maximum atomic E-state index is 11.7. The Morgan fingerprint density at radius 1 is 1.61 bits per heavy atom. The first kappa shape index (κ1) is 13.1. The number of amides is 1. The summed E-state index contributed by atoms with van der Waals surface area (Å²) in [5.41, 5.74) is 0. The van der Waals surface area contributed by atoms with Gasteiger partial charge < -0.3 is 9.73 Å². The van der Waals surface area contributed by atoms with Crippen LogP contribution in [-0.2, 0) is 10.0 Å². The second-order valence-corrected chi connectivity index (χ2v) is 6.29. The van der Waals surface area contributed by atoms with Crippen molar-refractivity contribution in [2.75, 3.05) is 6.54 Å². The molecule has 6 nitrogen and oxygen atoms in total. The fraction of sp³-hybridized carbons (Fsp3) is 0.545. The van der Waals surface area contributed by atoms with Crippen LogP contribution in [-0.4, -0.2) is 20.9 Å². The van der Waals surface area contributed by atoms with E-state index in [1.165, 1.54) is 6.92 Å². The van der Waals surface area contributed by atoms with Crippen LogP contribution in [0.2, 0.25) is 0 Å². The van der Waals surface area contributed by atoms with Crippen LogP contribution in [0.1, 0.15) is 29.7 Å². The Bertz CT molecular complexity index is 576. The number of primary sulfonamides is 1. The first-order chi connectivity index (χ1) is 8.29. The molecule has 2 atom stereocenters. The molecule has 1 aromatic rings. The molecule has 2 rings (SSSR count). The van der Waals surface area contributed by atoms with Crippen molar-refractivity contribution in [3.05, 3.63) is 17.6 Å². The lowest BCUT2D eigenvalue weighted by atomic mass is 10.3. The topological polar surface area (TPSA) is 102 Å². The normalized spacial score (nSPS) is 22.8. The van der Waals surface area contributed by atoms with Gasteiger partial charge in [0.15, 0.2) is 5.76 Å². The standard InChI is InChI=1S/C11H16N2O4S/c1-6-3-8(6)5-13-11(14)9-4-10(7(2)17-9)18(12,15)16/h4,6,8H,3,5H2,1-2H3,(H,13,14)(H2,12,15,16). The van der Waals surface area contributed by atoms with E-state index in [0.29, 0.717) is 18.4 Å². The fourth-order valence-corrected chi connectivity index (χ4v) is 2.57. The SMILES string of the molecule is Cc1oc(C(=O)NCC2CC2C)cc1S(N)(=O)=O. The molecule has 0 bridgehead atoms. The van der Waals surface area contributed by atoms with Crippen molar-refractivity contribution in [2.24, 2.45) is 17.0 Å². The van der Waals surface area contributed by atoms with Crippen LogP contribution in [0.4, 0.5) is 0 Å². The lowest BCUT2D eigenvalue weighted by Crippen LogP contribution is -2.25. The zero-order chi connectivity index (χ0) is 13.5. The molecule has 0 spiro atoms. The van der Waals surface area contributed by atoms with E-state index in [9.17, 15) is 13.2 Å². The minimum atomic E-state index is -3.85. The average molecular weight is 272 g/mol. The number of aryl methyl sites for hydroxylation is 1. The van der Waals surface area contributed by atoms with Gasteiger partial charge in [-0.15, -0.1) is 0 Å². The summed E-state index contributed by atoms with van der Waals surface area (Å²) in [5, 5.41) is 7.72.